The van der Waals surface area contributed by atoms with E-state index in [0.717, 1.165) is 12.1 Å². The number of benzene rings is 1. The summed E-state index contributed by atoms with van der Waals surface area (Å²) in [5.74, 6) is -5.19. The van der Waals surface area contributed by atoms with Crippen molar-refractivity contribution < 1.29 is 28.5 Å². The van der Waals surface area contributed by atoms with Gasteiger partial charge in [0, 0.05) is 18.1 Å². The average Bonchev–Trinajstić information content (AvgIpc) is 2.82. The predicted molar refractivity (Wildman–Crippen MR) is 53.5 cm³/mol. The van der Waals surface area contributed by atoms with Crippen LogP contribution in [-0.4, -0.2) is 29.2 Å². The van der Waals surface area contributed by atoms with Gasteiger partial charge in [-0.05, 0) is 6.07 Å². The van der Waals surface area contributed by atoms with Gasteiger partial charge < -0.3 is 14.9 Å². The lowest BCUT2D eigenvalue weighted by Gasteiger charge is -2.14. The van der Waals surface area contributed by atoms with Crippen molar-refractivity contribution in [3.63, 3.8) is 0 Å². The molecule has 0 spiro atoms. The maximum atomic E-state index is 13.2. The Morgan fingerprint density at radius 1 is 1.47 bits per heavy atom. The van der Waals surface area contributed by atoms with Crippen molar-refractivity contribution in [2.24, 2.45) is 0 Å². The molecule has 0 saturated heterocycles. The van der Waals surface area contributed by atoms with Crippen molar-refractivity contribution in [3.05, 3.63) is 23.8 Å². The summed E-state index contributed by atoms with van der Waals surface area (Å²) in [6.07, 6.45) is -0.796. The molecule has 1 aliphatic carbocycles. The number of hydrogen-bond acceptors (Lipinski definition) is 3. The van der Waals surface area contributed by atoms with E-state index >= 15 is 0 Å². The Morgan fingerprint density at radius 2 is 2.06 bits per heavy atom. The van der Waals surface area contributed by atoms with E-state index in [9.17, 15) is 18.7 Å². The first-order valence-electron chi connectivity index (χ1n) is 4.84. The van der Waals surface area contributed by atoms with Gasteiger partial charge in [-0.1, -0.05) is 6.07 Å². The van der Waals surface area contributed by atoms with E-state index in [2.05, 4.69) is 0 Å². The molecule has 1 unspecified atom stereocenters. The first kappa shape index (κ1) is 11.6. The maximum Gasteiger partial charge on any atom is 0.320 e. The molecule has 0 aliphatic heterocycles. The highest BCUT2D eigenvalue weighted by Crippen LogP contribution is 2.63. The number of aliphatic carboxylic acids is 1. The van der Waals surface area contributed by atoms with Crippen LogP contribution in [-0.2, 0) is 10.2 Å². The largest absolute Gasteiger partial charge is 0.507 e. The van der Waals surface area contributed by atoms with Gasteiger partial charge in [0.2, 0.25) is 0 Å². The molecule has 0 aromatic heterocycles. The SMILES string of the molecule is COc1ccc(C2(C(=O)O)CC2(F)F)c(O)c1. The lowest BCUT2D eigenvalue weighted by Crippen LogP contribution is -2.27. The van der Waals surface area contributed by atoms with Gasteiger partial charge in [0.15, 0.2) is 5.41 Å². The summed E-state index contributed by atoms with van der Waals surface area (Å²) in [5, 5.41) is 18.5. The van der Waals surface area contributed by atoms with Crippen LogP contribution >= 0.6 is 0 Å². The third kappa shape index (κ3) is 1.44. The van der Waals surface area contributed by atoms with Crippen molar-refractivity contribution in [2.75, 3.05) is 7.11 Å². The first-order chi connectivity index (χ1) is 7.85. The van der Waals surface area contributed by atoms with Crippen LogP contribution < -0.4 is 4.74 Å². The molecule has 0 radical (unpaired) electrons. The van der Waals surface area contributed by atoms with E-state index in [-0.39, 0.29) is 11.3 Å². The second-order valence-corrected chi connectivity index (χ2v) is 3.97. The summed E-state index contributed by atoms with van der Waals surface area (Å²) in [6.45, 7) is 0. The molecule has 1 atom stereocenters. The van der Waals surface area contributed by atoms with Gasteiger partial charge >= 0.3 is 5.97 Å². The highest BCUT2D eigenvalue weighted by molar-refractivity contribution is 5.88. The number of carbonyl (C=O) groups is 1. The minimum Gasteiger partial charge on any atom is -0.507 e. The second kappa shape index (κ2) is 3.32. The summed E-state index contributed by atoms with van der Waals surface area (Å²) in [4.78, 5) is 11.0. The Morgan fingerprint density at radius 3 is 2.41 bits per heavy atom. The molecular weight excluding hydrogens is 234 g/mol. The number of phenols is 1. The molecule has 1 fully saturated rings. The zero-order valence-corrected chi connectivity index (χ0v) is 8.91. The van der Waals surface area contributed by atoms with Crippen LogP contribution in [0.4, 0.5) is 8.78 Å². The lowest BCUT2D eigenvalue weighted by molar-refractivity contribution is -0.143. The third-order valence-electron chi connectivity index (χ3n) is 3.02. The van der Waals surface area contributed by atoms with Crippen molar-refractivity contribution in [3.8, 4) is 11.5 Å². The molecule has 1 aromatic carbocycles. The maximum absolute atomic E-state index is 13.2. The molecule has 1 saturated carbocycles. The van der Waals surface area contributed by atoms with Crippen LogP contribution in [0.15, 0.2) is 18.2 Å². The Bertz CT molecular complexity index is 486. The minimum atomic E-state index is -3.33. The summed E-state index contributed by atoms with van der Waals surface area (Å²) in [5.41, 5.74) is -2.58. The van der Waals surface area contributed by atoms with Crippen molar-refractivity contribution in [1.29, 1.82) is 0 Å². The third-order valence-corrected chi connectivity index (χ3v) is 3.02. The normalized spacial score (nSPS) is 25.4. The summed E-state index contributed by atoms with van der Waals surface area (Å²) in [7, 11) is 1.35. The number of methoxy groups -OCH3 is 1. The zero-order valence-electron chi connectivity index (χ0n) is 8.91. The van der Waals surface area contributed by atoms with Crippen LogP contribution in [0.25, 0.3) is 0 Å². The Labute approximate surface area is 95.4 Å². The minimum absolute atomic E-state index is 0.274. The van der Waals surface area contributed by atoms with E-state index in [1.165, 1.54) is 13.2 Å². The standard InChI is InChI=1S/C11H10F2O4/c1-17-6-2-3-7(8(14)4-6)10(9(15)16)5-11(10,12)13/h2-4,14H,5H2,1H3,(H,15,16). The van der Waals surface area contributed by atoms with E-state index in [1.54, 1.807) is 0 Å². The van der Waals surface area contributed by atoms with E-state index in [1.807, 2.05) is 0 Å². The summed E-state index contributed by atoms with van der Waals surface area (Å²) < 4.78 is 31.3. The first-order valence-corrected chi connectivity index (χ1v) is 4.84. The molecule has 17 heavy (non-hydrogen) atoms. The van der Waals surface area contributed by atoms with Gasteiger partial charge in [-0.2, -0.15) is 0 Å². The smallest absolute Gasteiger partial charge is 0.320 e. The molecular formula is C11H10F2O4. The van der Waals surface area contributed by atoms with Gasteiger partial charge in [0.1, 0.15) is 11.5 Å². The number of carboxylic acids is 1. The Kier molecular flexibility index (Phi) is 2.27. The van der Waals surface area contributed by atoms with Gasteiger partial charge in [-0.3, -0.25) is 4.79 Å². The molecule has 2 N–H and O–H groups in total. The van der Waals surface area contributed by atoms with Crippen molar-refractivity contribution in [1.82, 2.24) is 0 Å². The lowest BCUT2D eigenvalue weighted by atomic mass is 9.94. The predicted octanol–water partition coefficient (Wildman–Crippen LogP) is 1.76. The van der Waals surface area contributed by atoms with E-state index < -0.39 is 29.5 Å². The number of phenolic OH excluding ortho intramolecular Hbond substituents is 1. The Hall–Kier alpha value is -1.85. The van der Waals surface area contributed by atoms with Gasteiger partial charge in [0.05, 0.1) is 7.11 Å². The van der Waals surface area contributed by atoms with Crippen LogP contribution in [0.2, 0.25) is 0 Å². The number of alkyl halides is 2. The molecule has 6 heteroatoms. The number of aromatic hydroxyl groups is 1. The fraction of sp³-hybridized carbons (Fsp3) is 0.364. The van der Waals surface area contributed by atoms with Gasteiger partial charge in [-0.25, -0.2) is 8.78 Å². The van der Waals surface area contributed by atoms with Gasteiger partial charge in [0.25, 0.3) is 5.92 Å². The summed E-state index contributed by atoms with van der Waals surface area (Å²) in [6, 6.07) is 3.62. The molecule has 0 amide bonds. The number of ether oxygens (including phenoxy) is 1. The number of carboxylic acid groups (broad SMARTS) is 1. The van der Waals surface area contributed by atoms with Gasteiger partial charge in [-0.15, -0.1) is 0 Å². The highest BCUT2D eigenvalue weighted by Gasteiger charge is 2.78. The molecule has 1 aromatic rings. The van der Waals surface area contributed by atoms with E-state index in [4.69, 9.17) is 9.84 Å². The van der Waals surface area contributed by atoms with Crippen LogP contribution in [0.1, 0.15) is 12.0 Å². The summed E-state index contributed by atoms with van der Waals surface area (Å²) >= 11 is 0. The van der Waals surface area contributed by atoms with Crippen LogP contribution in [0.3, 0.4) is 0 Å². The number of rotatable bonds is 3. The second-order valence-electron chi connectivity index (χ2n) is 3.97. The fourth-order valence-corrected chi connectivity index (χ4v) is 1.93. The molecule has 2 rings (SSSR count). The number of hydrogen-bond donors (Lipinski definition) is 2. The molecule has 0 bridgehead atoms. The monoisotopic (exact) mass is 244 g/mol. The highest BCUT2D eigenvalue weighted by atomic mass is 19.3. The number of halogens is 2. The molecule has 0 heterocycles. The van der Waals surface area contributed by atoms with Crippen molar-refractivity contribution in [2.45, 2.75) is 17.8 Å². The molecule has 1 aliphatic rings. The fourth-order valence-electron chi connectivity index (χ4n) is 1.93. The van der Waals surface area contributed by atoms with Crippen LogP contribution in [0, 0.1) is 0 Å². The Balaban J connectivity index is 2.51. The van der Waals surface area contributed by atoms with E-state index in [0.29, 0.717) is 0 Å². The topological polar surface area (TPSA) is 66.8 Å². The molecule has 92 valence electrons. The quantitative estimate of drug-likeness (QED) is 0.850. The zero-order chi connectivity index (χ0) is 12.8. The van der Waals surface area contributed by atoms with Crippen LogP contribution in [0.5, 0.6) is 11.5 Å². The average molecular weight is 244 g/mol. The van der Waals surface area contributed by atoms with Crippen molar-refractivity contribution >= 4 is 5.97 Å². The molecule has 4 nitrogen and oxygen atoms in total.